The molecule has 2 aromatic rings. The molecule has 1 N–H and O–H groups in total. The van der Waals surface area contributed by atoms with E-state index in [1.165, 1.54) is 15.4 Å². The van der Waals surface area contributed by atoms with Crippen molar-refractivity contribution in [3.8, 4) is 11.5 Å². The van der Waals surface area contributed by atoms with Gasteiger partial charge in [0, 0.05) is 23.5 Å². The summed E-state index contributed by atoms with van der Waals surface area (Å²) in [7, 11) is 1.64. The molecule has 0 fully saturated rings. The molecular weight excluding hydrogens is 390 g/mol. The Balaban J connectivity index is 1.46. The van der Waals surface area contributed by atoms with Crippen molar-refractivity contribution in [2.24, 2.45) is 5.92 Å². The van der Waals surface area contributed by atoms with Crippen molar-refractivity contribution < 1.29 is 14.2 Å². The zero-order chi connectivity index (χ0) is 19.8. The number of hydrogen-bond acceptors (Lipinski definition) is 6. The fourth-order valence-electron chi connectivity index (χ4n) is 2.93. The fraction of sp³-hybridized carbons (Fsp3) is 0.455. The van der Waals surface area contributed by atoms with Crippen molar-refractivity contribution >= 4 is 23.5 Å². The number of hydrogen-bond donors (Lipinski definition) is 1. The number of benzene rings is 2. The molecule has 6 heteroatoms. The average Bonchev–Trinajstić information content (AvgIpc) is 2.92. The van der Waals surface area contributed by atoms with Crippen LogP contribution in [0.15, 0.2) is 52.3 Å². The first-order valence-corrected chi connectivity index (χ1v) is 11.6. The summed E-state index contributed by atoms with van der Waals surface area (Å²) in [5, 5.41) is 3.69. The Hall–Kier alpha value is -1.34. The molecule has 2 atom stereocenters. The molecule has 1 heterocycles. The Labute approximate surface area is 176 Å². The molecular formula is C22H29NO3S2. The van der Waals surface area contributed by atoms with Gasteiger partial charge in [-0.05, 0) is 43.1 Å². The SMILES string of the molecule is COCOc1cccc(C)c1SC[C@@H](C)CN[C@@H]1COc2ccccc2SC1. The van der Waals surface area contributed by atoms with Crippen molar-refractivity contribution in [1.82, 2.24) is 5.32 Å². The number of nitrogens with one attached hydrogen (secondary N) is 1. The third-order valence-electron chi connectivity index (χ3n) is 4.50. The summed E-state index contributed by atoms with van der Waals surface area (Å²) in [5.74, 6) is 4.50. The molecule has 0 unspecified atom stereocenters. The molecule has 0 amide bonds. The predicted octanol–water partition coefficient (Wildman–Crippen LogP) is 4.85. The van der Waals surface area contributed by atoms with Crippen molar-refractivity contribution in [1.29, 1.82) is 0 Å². The molecule has 0 radical (unpaired) electrons. The highest BCUT2D eigenvalue weighted by molar-refractivity contribution is 7.99. The number of ether oxygens (including phenoxy) is 3. The number of aryl methyl sites for hydroxylation is 1. The van der Waals surface area contributed by atoms with Gasteiger partial charge in [-0.2, -0.15) is 0 Å². The smallest absolute Gasteiger partial charge is 0.188 e. The second-order valence-electron chi connectivity index (χ2n) is 7.04. The molecule has 0 saturated carbocycles. The van der Waals surface area contributed by atoms with Gasteiger partial charge in [0.15, 0.2) is 6.79 Å². The van der Waals surface area contributed by atoms with Crippen LogP contribution < -0.4 is 14.8 Å². The maximum Gasteiger partial charge on any atom is 0.188 e. The third kappa shape index (κ3) is 6.08. The van der Waals surface area contributed by atoms with Crippen LogP contribution in [-0.4, -0.2) is 44.6 Å². The highest BCUT2D eigenvalue weighted by Gasteiger charge is 2.18. The second kappa shape index (κ2) is 11.0. The Kier molecular flexibility index (Phi) is 8.40. The van der Waals surface area contributed by atoms with Gasteiger partial charge in [0.1, 0.15) is 18.1 Å². The van der Waals surface area contributed by atoms with Crippen LogP contribution >= 0.6 is 23.5 Å². The summed E-state index contributed by atoms with van der Waals surface area (Å²) in [4.78, 5) is 2.44. The lowest BCUT2D eigenvalue weighted by molar-refractivity contribution is 0.0491. The van der Waals surface area contributed by atoms with E-state index in [-0.39, 0.29) is 6.79 Å². The van der Waals surface area contributed by atoms with Crippen LogP contribution in [0, 0.1) is 12.8 Å². The lowest BCUT2D eigenvalue weighted by atomic mass is 10.2. The van der Waals surface area contributed by atoms with Crippen LogP contribution in [0.4, 0.5) is 0 Å². The molecule has 0 bridgehead atoms. The largest absolute Gasteiger partial charge is 0.491 e. The van der Waals surface area contributed by atoms with E-state index < -0.39 is 0 Å². The van der Waals surface area contributed by atoms with E-state index in [1.807, 2.05) is 41.7 Å². The van der Waals surface area contributed by atoms with Crippen LogP contribution in [0.2, 0.25) is 0 Å². The number of para-hydroxylation sites is 1. The minimum absolute atomic E-state index is 0.274. The highest BCUT2D eigenvalue weighted by atomic mass is 32.2. The van der Waals surface area contributed by atoms with E-state index in [4.69, 9.17) is 14.2 Å². The number of rotatable bonds is 9. The molecule has 0 aromatic heterocycles. The molecule has 28 heavy (non-hydrogen) atoms. The topological polar surface area (TPSA) is 39.7 Å². The van der Waals surface area contributed by atoms with Gasteiger partial charge in [-0.25, -0.2) is 0 Å². The van der Waals surface area contributed by atoms with Gasteiger partial charge in [-0.3, -0.25) is 0 Å². The first-order valence-electron chi connectivity index (χ1n) is 9.59. The molecule has 1 aliphatic heterocycles. The minimum atomic E-state index is 0.274. The molecule has 0 saturated heterocycles. The lowest BCUT2D eigenvalue weighted by Gasteiger charge is -2.20. The quantitative estimate of drug-likeness (QED) is 0.463. The number of fused-ring (bicyclic) bond motifs is 1. The molecule has 0 spiro atoms. The molecule has 1 aliphatic rings. The summed E-state index contributed by atoms with van der Waals surface area (Å²) in [6.45, 7) is 6.38. The highest BCUT2D eigenvalue weighted by Crippen LogP contribution is 2.34. The van der Waals surface area contributed by atoms with Gasteiger partial charge >= 0.3 is 0 Å². The number of thioether (sulfide) groups is 2. The van der Waals surface area contributed by atoms with E-state index in [0.29, 0.717) is 12.0 Å². The van der Waals surface area contributed by atoms with E-state index in [0.717, 1.165) is 36.2 Å². The summed E-state index contributed by atoms with van der Waals surface area (Å²) < 4.78 is 16.7. The van der Waals surface area contributed by atoms with Crippen LogP contribution in [0.1, 0.15) is 12.5 Å². The van der Waals surface area contributed by atoms with Gasteiger partial charge in [-0.15, -0.1) is 23.5 Å². The van der Waals surface area contributed by atoms with Crippen molar-refractivity contribution in [2.45, 2.75) is 29.7 Å². The van der Waals surface area contributed by atoms with Crippen LogP contribution in [0.25, 0.3) is 0 Å². The first kappa shape index (κ1) is 21.4. The van der Waals surface area contributed by atoms with Gasteiger partial charge in [-0.1, -0.05) is 31.2 Å². The Morgan fingerprint density at radius 2 is 2.11 bits per heavy atom. The normalized spacial score (nSPS) is 17.3. The summed E-state index contributed by atoms with van der Waals surface area (Å²) in [6, 6.07) is 14.8. The maximum atomic E-state index is 5.97. The maximum absolute atomic E-state index is 5.97. The average molecular weight is 420 g/mol. The molecule has 152 valence electrons. The fourth-order valence-corrected chi connectivity index (χ4v) is 5.11. The van der Waals surface area contributed by atoms with E-state index in [9.17, 15) is 0 Å². The summed E-state index contributed by atoms with van der Waals surface area (Å²) in [6.07, 6.45) is 0. The molecule has 4 nitrogen and oxygen atoms in total. The van der Waals surface area contributed by atoms with Crippen molar-refractivity contribution in [3.63, 3.8) is 0 Å². The standard InChI is InChI=1S/C22H29NO3S2/c1-16(13-28-22-17(2)7-6-9-20(22)26-15-24-3)11-23-18-12-25-19-8-4-5-10-21(19)27-14-18/h4-10,16,18,23H,11-15H2,1-3H3/t16-,18+/m0/s1. The number of methoxy groups -OCH3 is 1. The molecule has 3 rings (SSSR count). The zero-order valence-electron chi connectivity index (χ0n) is 16.8. The first-order chi connectivity index (χ1) is 13.7. The monoisotopic (exact) mass is 419 g/mol. The third-order valence-corrected chi connectivity index (χ3v) is 7.27. The summed E-state index contributed by atoms with van der Waals surface area (Å²) in [5.41, 5.74) is 1.24. The van der Waals surface area contributed by atoms with Crippen molar-refractivity contribution in [2.75, 3.05) is 38.6 Å². The van der Waals surface area contributed by atoms with Gasteiger partial charge in [0.05, 0.1) is 10.9 Å². The van der Waals surface area contributed by atoms with E-state index >= 15 is 0 Å². The van der Waals surface area contributed by atoms with Gasteiger partial charge in [0.2, 0.25) is 0 Å². The predicted molar refractivity (Wildman–Crippen MR) is 118 cm³/mol. The van der Waals surface area contributed by atoms with Gasteiger partial charge < -0.3 is 19.5 Å². The van der Waals surface area contributed by atoms with Crippen LogP contribution in [-0.2, 0) is 4.74 Å². The second-order valence-corrected chi connectivity index (χ2v) is 9.14. The zero-order valence-corrected chi connectivity index (χ0v) is 18.4. The van der Waals surface area contributed by atoms with Gasteiger partial charge in [0.25, 0.3) is 0 Å². The minimum Gasteiger partial charge on any atom is -0.491 e. The molecule has 0 aliphatic carbocycles. The lowest BCUT2D eigenvalue weighted by Crippen LogP contribution is -2.39. The van der Waals surface area contributed by atoms with Crippen LogP contribution in [0.3, 0.4) is 0 Å². The van der Waals surface area contributed by atoms with Crippen molar-refractivity contribution in [3.05, 3.63) is 48.0 Å². The Morgan fingerprint density at radius 1 is 1.25 bits per heavy atom. The summed E-state index contributed by atoms with van der Waals surface area (Å²) >= 11 is 3.73. The van der Waals surface area contributed by atoms with E-state index in [2.05, 4.69) is 43.4 Å². The van der Waals surface area contributed by atoms with Crippen LogP contribution in [0.5, 0.6) is 11.5 Å². The Bertz CT molecular complexity index is 729. The molecule has 2 aromatic carbocycles. The van der Waals surface area contributed by atoms with E-state index in [1.54, 1.807) is 7.11 Å². The Morgan fingerprint density at radius 3 is 2.96 bits per heavy atom.